The van der Waals surface area contributed by atoms with Crippen LogP contribution in [-0.2, 0) is 0 Å². The number of methoxy groups -OCH3 is 1. The molecule has 0 saturated carbocycles. The molecule has 5 heteroatoms. The Labute approximate surface area is 128 Å². The van der Waals surface area contributed by atoms with Gasteiger partial charge in [-0.1, -0.05) is 36.4 Å². The van der Waals surface area contributed by atoms with Crippen molar-refractivity contribution in [3.63, 3.8) is 0 Å². The standard InChI is InChI=1S/C17H13N3O2/c1-18-14-9-8-13(10-15(14)21-2)20-17-19-11-16(22-17)12-6-4-3-5-7-12/h3-11H,2H3,(H,19,20). The van der Waals surface area contributed by atoms with Gasteiger partial charge in [-0.25, -0.2) is 9.83 Å². The molecule has 108 valence electrons. The van der Waals surface area contributed by atoms with Crippen LogP contribution in [0.1, 0.15) is 0 Å². The normalized spacial score (nSPS) is 10.0. The van der Waals surface area contributed by atoms with E-state index in [0.29, 0.717) is 23.2 Å². The molecule has 0 bridgehead atoms. The zero-order valence-corrected chi connectivity index (χ0v) is 11.9. The maximum Gasteiger partial charge on any atom is 0.299 e. The highest BCUT2D eigenvalue weighted by molar-refractivity contribution is 5.67. The van der Waals surface area contributed by atoms with Crippen molar-refractivity contribution in [1.29, 1.82) is 0 Å². The zero-order chi connectivity index (χ0) is 15.4. The van der Waals surface area contributed by atoms with Crippen LogP contribution in [0.15, 0.2) is 59.1 Å². The molecule has 3 aromatic rings. The molecule has 0 spiro atoms. The average Bonchev–Trinajstić information content (AvgIpc) is 3.04. The Morgan fingerprint density at radius 1 is 1.18 bits per heavy atom. The fourth-order valence-corrected chi connectivity index (χ4v) is 2.04. The van der Waals surface area contributed by atoms with E-state index in [-0.39, 0.29) is 0 Å². The van der Waals surface area contributed by atoms with Crippen LogP contribution in [-0.4, -0.2) is 12.1 Å². The number of aromatic nitrogens is 1. The van der Waals surface area contributed by atoms with Gasteiger partial charge in [0, 0.05) is 11.3 Å². The molecule has 0 amide bonds. The Morgan fingerprint density at radius 2 is 2.00 bits per heavy atom. The predicted molar refractivity (Wildman–Crippen MR) is 84.5 cm³/mol. The summed E-state index contributed by atoms with van der Waals surface area (Å²) in [5, 5.41) is 3.06. The van der Waals surface area contributed by atoms with Crippen LogP contribution in [0.3, 0.4) is 0 Å². The van der Waals surface area contributed by atoms with E-state index in [1.807, 2.05) is 30.3 Å². The third kappa shape index (κ3) is 2.76. The molecule has 3 rings (SSSR count). The molecule has 5 nitrogen and oxygen atoms in total. The Hall–Kier alpha value is -3.26. The van der Waals surface area contributed by atoms with Crippen LogP contribution in [0.2, 0.25) is 0 Å². The number of rotatable bonds is 4. The number of hydrogen-bond donors (Lipinski definition) is 1. The highest BCUT2D eigenvalue weighted by Gasteiger charge is 2.08. The molecule has 1 aromatic heterocycles. The summed E-state index contributed by atoms with van der Waals surface area (Å²) in [6.07, 6.45) is 1.67. The first-order chi connectivity index (χ1) is 10.8. The van der Waals surface area contributed by atoms with E-state index in [2.05, 4.69) is 15.1 Å². The molecule has 0 fully saturated rings. The minimum absolute atomic E-state index is 0.386. The molecule has 1 heterocycles. The van der Waals surface area contributed by atoms with E-state index in [1.54, 1.807) is 24.4 Å². The number of oxazole rings is 1. The monoisotopic (exact) mass is 291 g/mol. The lowest BCUT2D eigenvalue weighted by Crippen LogP contribution is -1.91. The first kappa shape index (κ1) is 13.7. The van der Waals surface area contributed by atoms with Crippen LogP contribution in [0.25, 0.3) is 16.2 Å². The molecule has 0 saturated heterocycles. The number of nitrogens with one attached hydrogen (secondary N) is 1. The van der Waals surface area contributed by atoms with Gasteiger partial charge < -0.3 is 14.5 Å². The molecule has 0 atom stereocenters. The molecule has 0 unspecified atom stereocenters. The topological polar surface area (TPSA) is 51.7 Å². The van der Waals surface area contributed by atoms with E-state index >= 15 is 0 Å². The van der Waals surface area contributed by atoms with Gasteiger partial charge in [-0.2, -0.15) is 0 Å². The van der Waals surface area contributed by atoms with E-state index in [9.17, 15) is 0 Å². The second-order valence-corrected chi connectivity index (χ2v) is 4.52. The summed E-state index contributed by atoms with van der Waals surface area (Å²) < 4.78 is 10.9. The minimum Gasteiger partial charge on any atom is -0.508 e. The SMILES string of the molecule is [C-]#[N+]c1ccc(Nc2ncc(-c3ccccc3)o2)cc1OC. The summed E-state index contributed by atoms with van der Waals surface area (Å²) in [5.41, 5.74) is 2.17. The maximum atomic E-state index is 7.07. The van der Waals surface area contributed by atoms with E-state index in [4.69, 9.17) is 15.7 Å². The minimum atomic E-state index is 0.386. The van der Waals surface area contributed by atoms with Gasteiger partial charge in [0.05, 0.1) is 19.9 Å². The largest absolute Gasteiger partial charge is 0.508 e. The second-order valence-electron chi connectivity index (χ2n) is 4.52. The number of benzene rings is 2. The van der Waals surface area contributed by atoms with Gasteiger partial charge in [-0.05, 0) is 12.1 Å². The van der Waals surface area contributed by atoms with E-state index in [0.717, 1.165) is 11.3 Å². The van der Waals surface area contributed by atoms with Crippen molar-refractivity contribution in [2.24, 2.45) is 0 Å². The number of ether oxygens (including phenoxy) is 1. The van der Waals surface area contributed by atoms with Crippen molar-refractivity contribution in [3.8, 4) is 17.1 Å². The Bertz CT molecular complexity index is 819. The molecule has 22 heavy (non-hydrogen) atoms. The summed E-state index contributed by atoms with van der Waals surface area (Å²) in [7, 11) is 1.53. The van der Waals surface area contributed by atoms with E-state index < -0.39 is 0 Å². The summed E-state index contributed by atoms with van der Waals surface area (Å²) in [6.45, 7) is 7.07. The highest BCUT2D eigenvalue weighted by Crippen LogP contribution is 2.32. The molecule has 1 N–H and O–H groups in total. The van der Waals surface area contributed by atoms with Crippen LogP contribution in [0, 0.1) is 6.57 Å². The lowest BCUT2D eigenvalue weighted by molar-refractivity contribution is 0.417. The predicted octanol–water partition coefficient (Wildman–Crippen LogP) is 4.64. The fraction of sp³-hybridized carbons (Fsp3) is 0.0588. The summed E-state index contributed by atoms with van der Waals surface area (Å²) in [6, 6.07) is 15.3. The molecule has 0 aliphatic heterocycles. The maximum absolute atomic E-state index is 7.07. The number of anilines is 2. The Morgan fingerprint density at radius 3 is 2.73 bits per heavy atom. The lowest BCUT2D eigenvalue weighted by atomic mass is 10.2. The average molecular weight is 291 g/mol. The van der Waals surface area contributed by atoms with Crippen molar-refractivity contribution < 1.29 is 9.15 Å². The third-order valence-electron chi connectivity index (χ3n) is 3.12. The number of hydrogen-bond acceptors (Lipinski definition) is 4. The summed E-state index contributed by atoms with van der Waals surface area (Å²) >= 11 is 0. The molecule has 2 aromatic carbocycles. The fourth-order valence-electron chi connectivity index (χ4n) is 2.04. The van der Waals surface area contributed by atoms with Crippen molar-refractivity contribution >= 4 is 17.4 Å². The smallest absolute Gasteiger partial charge is 0.299 e. The lowest BCUT2D eigenvalue weighted by Gasteiger charge is -2.06. The Balaban J connectivity index is 1.83. The van der Waals surface area contributed by atoms with Gasteiger partial charge in [0.15, 0.2) is 5.76 Å². The van der Waals surface area contributed by atoms with Gasteiger partial charge in [0.2, 0.25) is 5.69 Å². The van der Waals surface area contributed by atoms with Crippen LogP contribution >= 0.6 is 0 Å². The van der Waals surface area contributed by atoms with Crippen molar-refractivity contribution in [2.45, 2.75) is 0 Å². The van der Waals surface area contributed by atoms with E-state index in [1.165, 1.54) is 7.11 Å². The first-order valence-corrected chi connectivity index (χ1v) is 6.64. The zero-order valence-electron chi connectivity index (χ0n) is 11.9. The summed E-state index contributed by atoms with van der Waals surface area (Å²) in [5.74, 6) is 1.20. The second kappa shape index (κ2) is 6.02. The van der Waals surface area contributed by atoms with Gasteiger partial charge >= 0.3 is 0 Å². The Kier molecular flexibility index (Phi) is 3.75. The van der Waals surface area contributed by atoms with Gasteiger partial charge in [-0.3, -0.25) is 0 Å². The van der Waals surface area contributed by atoms with Gasteiger partial charge in [0.25, 0.3) is 6.01 Å². The first-order valence-electron chi connectivity index (χ1n) is 6.64. The van der Waals surface area contributed by atoms with Gasteiger partial charge in [-0.15, -0.1) is 0 Å². The van der Waals surface area contributed by atoms with Gasteiger partial charge in [0.1, 0.15) is 5.75 Å². The van der Waals surface area contributed by atoms with Crippen LogP contribution in [0.4, 0.5) is 17.4 Å². The van der Waals surface area contributed by atoms with Crippen LogP contribution in [0.5, 0.6) is 5.75 Å². The quantitative estimate of drug-likeness (QED) is 0.711. The van der Waals surface area contributed by atoms with Crippen molar-refractivity contribution in [2.75, 3.05) is 12.4 Å². The molecule has 0 aliphatic carbocycles. The van der Waals surface area contributed by atoms with Crippen molar-refractivity contribution in [1.82, 2.24) is 4.98 Å². The molecular weight excluding hydrogens is 278 g/mol. The third-order valence-corrected chi connectivity index (χ3v) is 3.12. The molecular formula is C17H13N3O2. The molecule has 0 aliphatic rings. The van der Waals surface area contributed by atoms with Crippen molar-refractivity contribution in [3.05, 3.63) is 66.1 Å². The highest BCUT2D eigenvalue weighted by atomic mass is 16.5. The van der Waals surface area contributed by atoms with Crippen LogP contribution < -0.4 is 10.1 Å². The molecule has 0 radical (unpaired) electrons. The summed E-state index contributed by atoms with van der Waals surface area (Å²) in [4.78, 5) is 7.60. The number of nitrogens with zero attached hydrogens (tertiary/aromatic N) is 2.